The van der Waals surface area contributed by atoms with E-state index in [9.17, 15) is 9.59 Å². The van der Waals surface area contributed by atoms with Crippen molar-refractivity contribution in [1.82, 2.24) is 9.88 Å². The Labute approximate surface area is 116 Å². The lowest BCUT2D eigenvalue weighted by atomic mass is 10.2. The van der Waals surface area contributed by atoms with Crippen molar-refractivity contribution in [2.75, 3.05) is 6.54 Å². The molecule has 2 heterocycles. The number of carbonyl (C=O) groups is 2. The van der Waals surface area contributed by atoms with E-state index in [2.05, 4.69) is 20.9 Å². The average molecular weight is 331 g/mol. The Kier molecular flexibility index (Phi) is 3.89. The number of aromatic nitrogens is 1. The highest BCUT2D eigenvalue weighted by Crippen LogP contribution is 2.23. The van der Waals surface area contributed by atoms with Crippen LogP contribution in [-0.2, 0) is 4.79 Å². The highest BCUT2D eigenvalue weighted by Gasteiger charge is 2.41. The van der Waals surface area contributed by atoms with Gasteiger partial charge in [-0.2, -0.15) is 0 Å². The Balaban J connectivity index is 2.07. The van der Waals surface area contributed by atoms with Crippen LogP contribution < -0.4 is 4.74 Å². The number of pyridine rings is 1. The fourth-order valence-corrected chi connectivity index (χ4v) is 2.28. The van der Waals surface area contributed by atoms with Crippen LogP contribution in [0.5, 0.6) is 5.88 Å². The van der Waals surface area contributed by atoms with Gasteiger partial charge in [0.2, 0.25) is 5.88 Å². The molecule has 0 unspecified atom stereocenters. The van der Waals surface area contributed by atoms with Crippen molar-refractivity contribution < 1.29 is 24.5 Å². The van der Waals surface area contributed by atoms with Gasteiger partial charge in [-0.15, -0.1) is 0 Å². The van der Waals surface area contributed by atoms with Crippen LogP contribution in [0.3, 0.4) is 0 Å². The van der Waals surface area contributed by atoms with Crippen molar-refractivity contribution in [2.45, 2.75) is 18.6 Å². The SMILES string of the molecule is O=C(O)[C@@H]1C[C@H](Oc2cccc(Br)n2)CN1C(=O)O. The smallest absolute Gasteiger partial charge is 0.408 e. The van der Waals surface area contributed by atoms with Crippen LogP contribution in [0.1, 0.15) is 6.42 Å². The minimum atomic E-state index is -1.26. The number of carboxylic acids is 1. The monoisotopic (exact) mass is 330 g/mol. The molecular formula is C11H11BrN2O5. The lowest BCUT2D eigenvalue weighted by Gasteiger charge is -2.16. The zero-order valence-electron chi connectivity index (χ0n) is 9.69. The molecule has 19 heavy (non-hydrogen) atoms. The Morgan fingerprint density at radius 2 is 2.16 bits per heavy atom. The van der Waals surface area contributed by atoms with E-state index >= 15 is 0 Å². The van der Waals surface area contributed by atoms with Crippen LogP contribution in [0.2, 0.25) is 0 Å². The molecule has 7 nitrogen and oxygen atoms in total. The van der Waals surface area contributed by atoms with Crippen molar-refractivity contribution in [3.05, 3.63) is 22.8 Å². The number of hydrogen-bond donors (Lipinski definition) is 2. The number of halogens is 1. The van der Waals surface area contributed by atoms with E-state index in [1.165, 1.54) is 0 Å². The summed E-state index contributed by atoms with van der Waals surface area (Å²) in [6.07, 6.45) is -1.67. The van der Waals surface area contributed by atoms with E-state index in [4.69, 9.17) is 14.9 Å². The first-order chi connectivity index (χ1) is 8.97. The van der Waals surface area contributed by atoms with Gasteiger partial charge < -0.3 is 14.9 Å². The van der Waals surface area contributed by atoms with Gasteiger partial charge in [0.1, 0.15) is 16.7 Å². The van der Waals surface area contributed by atoms with Crippen LogP contribution >= 0.6 is 15.9 Å². The number of ether oxygens (including phenoxy) is 1. The zero-order valence-corrected chi connectivity index (χ0v) is 11.3. The summed E-state index contributed by atoms with van der Waals surface area (Å²) in [5, 5.41) is 17.9. The van der Waals surface area contributed by atoms with Crippen molar-refractivity contribution >= 4 is 28.0 Å². The summed E-state index contributed by atoms with van der Waals surface area (Å²) in [4.78, 5) is 26.9. The molecule has 1 aromatic heterocycles. The van der Waals surface area contributed by atoms with Gasteiger partial charge in [-0.3, -0.25) is 4.90 Å². The third kappa shape index (κ3) is 3.14. The van der Waals surface area contributed by atoms with Crippen molar-refractivity contribution in [2.24, 2.45) is 0 Å². The van der Waals surface area contributed by atoms with E-state index in [0.717, 1.165) is 4.90 Å². The van der Waals surface area contributed by atoms with Crippen molar-refractivity contribution in [1.29, 1.82) is 0 Å². The summed E-state index contributed by atoms with van der Waals surface area (Å²) in [6, 6.07) is 4.01. The first-order valence-electron chi connectivity index (χ1n) is 5.49. The standard InChI is InChI=1S/C11H11BrN2O5/c12-8-2-1-3-9(13-8)19-6-4-7(10(15)16)14(5-6)11(17)18/h1-3,6-7H,4-5H2,(H,15,16)(H,17,18)/t6-,7-/m0/s1. The highest BCUT2D eigenvalue weighted by atomic mass is 79.9. The zero-order chi connectivity index (χ0) is 14.0. The number of hydrogen-bond acceptors (Lipinski definition) is 4. The minimum absolute atomic E-state index is 0.0144. The van der Waals surface area contributed by atoms with Gasteiger partial charge in [-0.25, -0.2) is 14.6 Å². The second kappa shape index (κ2) is 5.43. The third-order valence-electron chi connectivity index (χ3n) is 2.77. The van der Waals surface area contributed by atoms with Gasteiger partial charge >= 0.3 is 12.1 Å². The van der Waals surface area contributed by atoms with Crippen molar-refractivity contribution in [3.63, 3.8) is 0 Å². The molecule has 2 atom stereocenters. The van der Waals surface area contributed by atoms with Gasteiger partial charge in [-0.1, -0.05) is 6.07 Å². The largest absolute Gasteiger partial charge is 0.480 e. The molecule has 1 fully saturated rings. The Hall–Kier alpha value is -1.83. The van der Waals surface area contributed by atoms with E-state index in [1.807, 2.05) is 0 Å². The minimum Gasteiger partial charge on any atom is -0.480 e. The fraction of sp³-hybridized carbons (Fsp3) is 0.364. The number of carboxylic acid groups (broad SMARTS) is 2. The van der Waals surface area contributed by atoms with Crippen LogP contribution in [0, 0.1) is 0 Å². The molecule has 2 rings (SSSR count). The fourth-order valence-electron chi connectivity index (χ4n) is 1.95. The van der Waals surface area contributed by atoms with Gasteiger partial charge in [-0.05, 0) is 22.0 Å². The van der Waals surface area contributed by atoms with Crippen LogP contribution in [-0.4, -0.2) is 50.9 Å². The molecule has 0 radical (unpaired) electrons. The van der Waals surface area contributed by atoms with E-state index in [0.29, 0.717) is 10.5 Å². The molecular weight excluding hydrogens is 320 g/mol. The lowest BCUT2D eigenvalue weighted by molar-refractivity contribution is -0.141. The van der Waals surface area contributed by atoms with Crippen LogP contribution in [0.4, 0.5) is 4.79 Å². The molecule has 2 N–H and O–H groups in total. The highest BCUT2D eigenvalue weighted by molar-refractivity contribution is 9.10. The van der Waals surface area contributed by atoms with Crippen LogP contribution in [0.15, 0.2) is 22.8 Å². The summed E-state index contributed by atoms with van der Waals surface area (Å²) in [5.41, 5.74) is 0. The molecule has 1 amide bonds. The summed E-state index contributed by atoms with van der Waals surface area (Å²) < 4.78 is 6.10. The normalized spacial score (nSPS) is 22.3. The third-order valence-corrected chi connectivity index (χ3v) is 3.21. The second-order valence-electron chi connectivity index (χ2n) is 4.06. The van der Waals surface area contributed by atoms with E-state index < -0.39 is 24.2 Å². The summed E-state index contributed by atoms with van der Waals surface area (Å²) in [5.74, 6) is -0.841. The maximum atomic E-state index is 11.0. The number of aliphatic carboxylic acids is 1. The molecule has 1 aliphatic rings. The number of nitrogens with zero attached hydrogens (tertiary/aromatic N) is 2. The molecule has 1 saturated heterocycles. The summed E-state index contributed by atoms with van der Waals surface area (Å²) in [7, 11) is 0. The van der Waals surface area contributed by atoms with Crippen LogP contribution in [0.25, 0.3) is 0 Å². The number of amides is 1. The molecule has 1 aliphatic heterocycles. The van der Waals surface area contributed by atoms with Gasteiger partial charge in [0.15, 0.2) is 0 Å². The Morgan fingerprint density at radius 3 is 2.68 bits per heavy atom. The second-order valence-corrected chi connectivity index (χ2v) is 4.88. The lowest BCUT2D eigenvalue weighted by Crippen LogP contribution is -2.39. The van der Waals surface area contributed by atoms with Crippen molar-refractivity contribution in [3.8, 4) is 5.88 Å². The first-order valence-corrected chi connectivity index (χ1v) is 6.28. The number of likely N-dealkylation sites (tertiary alicyclic amines) is 1. The molecule has 0 saturated carbocycles. The molecule has 0 spiro atoms. The predicted octanol–water partition coefficient (Wildman–Crippen LogP) is 1.43. The molecule has 8 heteroatoms. The summed E-state index contributed by atoms with van der Waals surface area (Å²) in [6.45, 7) is 0.0144. The van der Waals surface area contributed by atoms with E-state index in [1.54, 1.807) is 18.2 Å². The average Bonchev–Trinajstić information content (AvgIpc) is 2.73. The summed E-state index contributed by atoms with van der Waals surface area (Å²) >= 11 is 3.19. The maximum Gasteiger partial charge on any atom is 0.408 e. The molecule has 0 aliphatic carbocycles. The maximum absolute atomic E-state index is 11.0. The van der Waals surface area contributed by atoms with Gasteiger partial charge in [0.25, 0.3) is 0 Å². The Morgan fingerprint density at radius 1 is 1.42 bits per heavy atom. The quantitative estimate of drug-likeness (QED) is 0.813. The molecule has 102 valence electrons. The van der Waals surface area contributed by atoms with E-state index in [-0.39, 0.29) is 13.0 Å². The Bertz CT molecular complexity index is 488. The van der Waals surface area contributed by atoms with Gasteiger partial charge in [0.05, 0.1) is 6.54 Å². The first kappa shape index (κ1) is 13.6. The molecule has 0 aromatic carbocycles. The molecule has 0 bridgehead atoms. The topological polar surface area (TPSA) is 100.0 Å². The molecule has 1 aromatic rings. The van der Waals surface area contributed by atoms with Gasteiger partial charge in [0, 0.05) is 12.5 Å². The predicted molar refractivity (Wildman–Crippen MR) is 67.1 cm³/mol. The number of rotatable bonds is 3.